The van der Waals surface area contributed by atoms with Crippen LogP contribution in [0.15, 0.2) is 4.99 Å². The van der Waals surface area contributed by atoms with E-state index < -0.39 is 0 Å². The molecule has 5 N–H and O–H groups in total. The molecule has 1 aliphatic heterocycles. The monoisotopic (exact) mass is 213 g/mol. The third kappa shape index (κ3) is 5.24. The molecule has 88 valence electrons. The van der Waals surface area contributed by atoms with E-state index in [-0.39, 0.29) is 11.9 Å². The van der Waals surface area contributed by atoms with Gasteiger partial charge in [-0.2, -0.15) is 4.99 Å². The number of piperidine rings is 1. The average Bonchev–Trinajstić information content (AvgIpc) is 2.20. The van der Waals surface area contributed by atoms with Crippen LogP contribution in [-0.2, 0) is 0 Å². The fourth-order valence-electron chi connectivity index (χ4n) is 1.41. The maximum Gasteiger partial charge on any atom is 0.221 e. The molecule has 0 aromatic heterocycles. The van der Waals surface area contributed by atoms with E-state index >= 15 is 0 Å². The van der Waals surface area contributed by atoms with E-state index in [0.29, 0.717) is 0 Å². The van der Waals surface area contributed by atoms with Crippen molar-refractivity contribution in [1.82, 2.24) is 4.90 Å². The fourth-order valence-corrected chi connectivity index (χ4v) is 1.41. The number of guanidine groups is 2. The predicted molar refractivity (Wildman–Crippen MR) is 64.9 cm³/mol. The van der Waals surface area contributed by atoms with Gasteiger partial charge in [-0.3, -0.25) is 5.41 Å². The molecule has 1 aliphatic rings. The summed E-state index contributed by atoms with van der Waals surface area (Å²) in [4.78, 5) is 5.61. The molecule has 0 spiro atoms. The van der Waals surface area contributed by atoms with Crippen molar-refractivity contribution in [1.29, 1.82) is 5.41 Å². The highest BCUT2D eigenvalue weighted by Crippen LogP contribution is 2.15. The fraction of sp³-hybridized carbons (Fsp3) is 0.800. The van der Waals surface area contributed by atoms with E-state index in [4.69, 9.17) is 16.9 Å². The van der Waals surface area contributed by atoms with Crippen LogP contribution in [0.1, 0.15) is 33.6 Å². The Hall–Kier alpha value is -1.26. The molecule has 0 amide bonds. The van der Waals surface area contributed by atoms with Gasteiger partial charge in [0.1, 0.15) is 0 Å². The minimum atomic E-state index is -0.0383. The Morgan fingerprint density at radius 1 is 1.27 bits per heavy atom. The Kier molecular flexibility index (Phi) is 6.49. The largest absolute Gasteiger partial charge is 0.370 e. The van der Waals surface area contributed by atoms with E-state index in [2.05, 4.69) is 11.9 Å². The normalized spacial score (nSPS) is 16.3. The van der Waals surface area contributed by atoms with Crippen LogP contribution in [0.25, 0.3) is 0 Å². The third-order valence-electron chi connectivity index (χ3n) is 2.32. The second-order valence-electron chi connectivity index (χ2n) is 3.53. The van der Waals surface area contributed by atoms with Crippen molar-refractivity contribution in [2.75, 3.05) is 13.1 Å². The molecule has 0 atom stereocenters. The molecule has 0 aliphatic carbocycles. The standard InChI is InChI=1S/C8H17N5.C2H6/c1-6-2-4-13(5-3-6)8(11)12-7(9)10;1-2/h6H,2-5H2,1H3,(H5,9,10,11,12);1-2H3. The highest BCUT2D eigenvalue weighted by atomic mass is 15.3. The van der Waals surface area contributed by atoms with Crippen molar-refractivity contribution in [2.45, 2.75) is 33.6 Å². The van der Waals surface area contributed by atoms with E-state index in [1.165, 1.54) is 0 Å². The van der Waals surface area contributed by atoms with Crippen LogP contribution in [0, 0.1) is 11.3 Å². The Morgan fingerprint density at radius 3 is 2.13 bits per heavy atom. The van der Waals surface area contributed by atoms with Gasteiger partial charge in [0.25, 0.3) is 0 Å². The van der Waals surface area contributed by atoms with E-state index in [0.717, 1.165) is 31.8 Å². The Morgan fingerprint density at radius 2 is 1.73 bits per heavy atom. The first-order valence-electron chi connectivity index (χ1n) is 5.52. The molecule has 0 radical (unpaired) electrons. The first-order valence-corrected chi connectivity index (χ1v) is 5.52. The summed E-state index contributed by atoms with van der Waals surface area (Å²) in [5.74, 6) is 0.902. The lowest BCUT2D eigenvalue weighted by Gasteiger charge is -2.30. The summed E-state index contributed by atoms with van der Waals surface area (Å²) in [6.45, 7) is 8.00. The van der Waals surface area contributed by atoms with Crippen LogP contribution in [0.4, 0.5) is 0 Å². The van der Waals surface area contributed by atoms with Crippen LogP contribution in [0.2, 0.25) is 0 Å². The number of hydrogen-bond donors (Lipinski definition) is 3. The van der Waals surface area contributed by atoms with Crippen LogP contribution in [0.3, 0.4) is 0 Å². The lowest BCUT2D eigenvalue weighted by Crippen LogP contribution is -2.38. The van der Waals surface area contributed by atoms with E-state index in [9.17, 15) is 0 Å². The van der Waals surface area contributed by atoms with Gasteiger partial charge in [0.15, 0.2) is 5.96 Å². The van der Waals surface area contributed by atoms with Crippen molar-refractivity contribution in [3.05, 3.63) is 0 Å². The second kappa shape index (κ2) is 7.09. The van der Waals surface area contributed by atoms with Gasteiger partial charge in [0, 0.05) is 13.1 Å². The van der Waals surface area contributed by atoms with Crippen LogP contribution in [0.5, 0.6) is 0 Å². The van der Waals surface area contributed by atoms with Crippen molar-refractivity contribution in [3.63, 3.8) is 0 Å². The quantitative estimate of drug-likeness (QED) is 0.413. The number of aliphatic imine (C=N–C) groups is 1. The highest BCUT2D eigenvalue weighted by molar-refractivity contribution is 5.91. The zero-order valence-corrected chi connectivity index (χ0v) is 9.95. The minimum Gasteiger partial charge on any atom is -0.370 e. The molecule has 1 rings (SSSR count). The molecule has 1 saturated heterocycles. The van der Waals surface area contributed by atoms with E-state index in [1.54, 1.807) is 0 Å². The second-order valence-corrected chi connectivity index (χ2v) is 3.53. The maximum absolute atomic E-state index is 7.56. The molecule has 5 nitrogen and oxygen atoms in total. The van der Waals surface area contributed by atoms with Gasteiger partial charge >= 0.3 is 0 Å². The van der Waals surface area contributed by atoms with Gasteiger partial charge in [0.05, 0.1) is 0 Å². The summed E-state index contributed by atoms with van der Waals surface area (Å²) in [5, 5.41) is 7.56. The molecule has 1 fully saturated rings. The summed E-state index contributed by atoms with van der Waals surface area (Å²) in [6, 6.07) is 0. The van der Waals surface area contributed by atoms with Gasteiger partial charge in [0.2, 0.25) is 5.96 Å². The Bertz CT molecular complexity index is 212. The molecule has 0 unspecified atom stereocenters. The van der Waals surface area contributed by atoms with Gasteiger partial charge < -0.3 is 16.4 Å². The number of nitrogens with one attached hydrogen (secondary N) is 1. The maximum atomic E-state index is 7.56. The first-order chi connectivity index (χ1) is 7.09. The van der Waals surface area contributed by atoms with Crippen molar-refractivity contribution in [2.24, 2.45) is 22.4 Å². The molecule has 5 heteroatoms. The number of hydrogen-bond acceptors (Lipinski definition) is 1. The van der Waals surface area contributed by atoms with Crippen LogP contribution < -0.4 is 11.5 Å². The SMILES string of the molecule is CC.CC1CCN(C(=N)N=C(N)N)CC1. The summed E-state index contributed by atoms with van der Waals surface area (Å²) in [6.07, 6.45) is 2.23. The first kappa shape index (κ1) is 13.7. The molecule has 1 heterocycles. The molecular formula is C10H23N5. The zero-order valence-electron chi connectivity index (χ0n) is 9.95. The van der Waals surface area contributed by atoms with Gasteiger partial charge in [-0.05, 0) is 18.8 Å². The topological polar surface area (TPSA) is 91.5 Å². The number of nitrogens with zero attached hydrogens (tertiary/aromatic N) is 2. The predicted octanol–water partition coefficient (Wildman–Crippen LogP) is 0.953. The number of rotatable bonds is 0. The van der Waals surface area contributed by atoms with E-state index in [1.807, 2.05) is 18.7 Å². The van der Waals surface area contributed by atoms with Crippen molar-refractivity contribution < 1.29 is 0 Å². The Labute approximate surface area is 92.0 Å². The summed E-state index contributed by atoms with van der Waals surface area (Å²) in [7, 11) is 0. The molecule has 15 heavy (non-hydrogen) atoms. The summed E-state index contributed by atoms with van der Waals surface area (Å²) < 4.78 is 0. The van der Waals surface area contributed by atoms with Crippen molar-refractivity contribution in [3.8, 4) is 0 Å². The van der Waals surface area contributed by atoms with Gasteiger partial charge in [-0.15, -0.1) is 0 Å². The average molecular weight is 213 g/mol. The molecular weight excluding hydrogens is 190 g/mol. The zero-order chi connectivity index (χ0) is 11.8. The molecule has 0 aromatic rings. The van der Waals surface area contributed by atoms with Gasteiger partial charge in [-0.25, -0.2) is 0 Å². The Balaban J connectivity index is 0.000000921. The lowest BCUT2D eigenvalue weighted by molar-refractivity contribution is 0.277. The number of nitrogens with two attached hydrogens (primary N) is 2. The molecule has 0 bridgehead atoms. The van der Waals surface area contributed by atoms with Crippen molar-refractivity contribution >= 4 is 11.9 Å². The number of likely N-dealkylation sites (tertiary alicyclic amines) is 1. The summed E-state index contributed by atoms with van der Waals surface area (Å²) in [5.41, 5.74) is 10.4. The smallest absolute Gasteiger partial charge is 0.221 e. The molecule has 0 aromatic carbocycles. The highest BCUT2D eigenvalue weighted by Gasteiger charge is 2.17. The van der Waals surface area contributed by atoms with Crippen LogP contribution in [-0.4, -0.2) is 29.9 Å². The minimum absolute atomic E-state index is 0.0383. The summed E-state index contributed by atoms with van der Waals surface area (Å²) >= 11 is 0. The van der Waals surface area contributed by atoms with Crippen LogP contribution >= 0.6 is 0 Å². The van der Waals surface area contributed by atoms with Gasteiger partial charge in [-0.1, -0.05) is 20.8 Å². The third-order valence-corrected chi connectivity index (χ3v) is 2.32. The lowest BCUT2D eigenvalue weighted by atomic mass is 10.00. The molecule has 0 saturated carbocycles.